The van der Waals surface area contributed by atoms with Gasteiger partial charge in [-0.1, -0.05) is 11.6 Å². The number of nitrogens with zero attached hydrogens (tertiary/aromatic N) is 1. The predicted molar refractivity (Wildman–Crippen MR) is 103 cm³/mol. The van der Waals surface area contributed by atoms with Crippen LogP contribution in [0.3, 0.4) is 0 Å². The number of ether oxygens (including phenoxy) is 2. The number of amides is 1. The van der Waals surface area contributed by atoms with Crippen molar-refractivity contribution in [3.05, 3.63) is 58.4 Å². The molecule has 0 radical (unpaired) electrons. The standard InChI is InChI=1S/C20H23ClN2O4/c1-13-9-16(10-14(2)18(13)21)26-11-17(24)27-12-20(3,4)23-19(25)15-5-7-22-8-6-15/h5-10H,11-12H2,1-4H3,(H,23,25). The summed E-state index contributed by atoms with van der Waals surface area (Å²) in [5.41, 5.74) is 1.50. The van der Waals surface area contributed by atoms with Crippen molar-refractivity contribution in [1.82, 2.24) is 10.3 Å². The highest BCUT2D eigenvalue weighted by Crippen LogP contribution is 2.25. The zero-order chi connectivity index (χ0) is 20.0. The van der Waals surface area contributed by atoms with E-state index in [1.165, 1.54) is 0 Å². The Kier molecular flexibility index (Phi) is 6.80. The molecule has 1 aromatic carbocycles. The van der Waals surface area contributed by atoms with Crippen molar-refractivity contribution in [2.75, 3.05) is 13.2 Å². The summed E-state index contributed by atoms with van der Waals surface area (Å²) in [5.74, 6) is -0.232. The van der Waals surface area contributed by atoms with Crippen molar-refractivity contribution < 1.29 is 19.1 Å². The molecule has 0 unspecified atom stereocenters. The molecule has 0 saturated heterocycles. The van der Waals surface area contributed by atoms with Crippen molar-refractivity contribution in [3.63, 3.8) is 0 Å². The number of carbonyl (C=O) groups is 2. The number of aromatic nitrogens is 1. The highest BCUT2D eigenvalue weighted by atomic mass is 35.5. The van der Waals surface area contributed by atoms with Crippen LogP contribution >= 0.6 is 11.6 Å². The van der Waals surface area contributed by atoms with E-state index in [2.05, 4.69) is 10.3 Å². The summed E-state index contributed by atoms with van der Waals surface area (Å²) in [6, 6.07) is 6.76. The van der Waals surface area contributed by atoms with Crippen LogP contribution in [0.25, 0.3) is 0 Å². The van der Waals surface area contributed by atoms with Crippen molar-refractivity contribution in [2.45, 2.75) is 33.2 Å². The monoisotopic (exact) mass is 390 g/mol. The third-order valence-electron chi connectivity index (χ3n) is 3.76. The Labute approximate surface area is 163 Å². The number of pyridine rings is 1. The van der Waals surface area contributed by atoms with Gasteiger partial charge in [0.15, 0.2) is 6.61 Å². The van der Waals surface area contributed by atoms with Gasteiger partial charge in [-0.25, -0.2) is 4.79 Å². The molecule has 144 valence electrons. The lowest BCUT2D eigenvalue weighted by atomic mass is 10.1. The lowest BCUT2D eigenvalue weighted by Gasteiger charge is -2.25. The van der Waals surface area contributed by atoms with Crippen LogP contribution in [0, 0.1) is 13.8 Å². The predicted octanol–water partition coefficient (Wildman–Crippen LogP) is 3.48. The molecule has 1 aromatic heterocycles. The summed E-state index contributed by atoms with van der Waals surface area (Å²) >= 11 is 6.11. The van der Waals surface area contributed by atoms with Crippen molar-refractivity contribution >= 4 is 23.5 Å². The van der Waals surface area contributed by atoms with Crippen molar-refractivity contribution in [3.8, 4) is 5.75 Å². The second-order valence-electron chi connectivity index (χ2n) is 6.89. The first-order valence-corrected chi connectivity index (χ1v) is 8.83. The molecule has 0 bridgehead atoms. The van der Waals surface area contributed by atoms with E-state index < -0.39 is 11.5 Å². The molecule has 0 aliphatic heterocycles. The van der Waals surface area contributed by atoms with Crippen LogP contribution in [0.4, 0.5) is 0 Å². The first kappa shape index (κ1) is 20.7. The van der Waals surface area contributed by atoms with Gasteiger partial charge in [-0.3, -0.25) is 9.78 Å². The molecule has 6 nitrogen and oxygen atoms in total. The Balaban J connectivity index is 1.82. The zero-order valence-electron chi connectivity index (χ0n) is 15.8. The van der Waals surface area contributed by atoms with Gasteiger partial charge in [-0.15, -0.1) is 0 Å². The number of esters is 1. The average Bonchev–Trinajstić information content (AvgIpc) is 2.63. The smallest absolute Gasteiger partial charge is 0.344 e. The molecule has 0 aliphatic rings. The molecule has 0 spiro atoms. The van der Waals surface area contributed by atoms with Crippen LogP contribution in [0.15, 0.2) is 36.7 Å². The number of hydrogen-bond acceptors (Lipinski definition) is 5. The van der Waals surface area contributed by atoms with E-state index in [-0.39, 0.29) is 19.1 Å². The number of benzene rings is 1. The summed E-state index contributed by atoms with van der Waals surface area (Å²) in [5, 5.41) is 3.50. The summed E-state index contributed by atoms with van der Waals surface area (Å²) in [4.78, 5) is 28.0. The molecular weight excluding hydrogens is 368 g/mol. The van der Waals surface area contributed by atoms with E-state index in [4.69, 9.17) is 21.1 Å². The molecule has 2 rings (SSSR count). The summed E-state index contributed by atoms with van der Waals surface area (Å²) in [6.45, 7) is 7.07. The fourth-order valence-electron chi connectivity index (χ4n) is 2.35. The lowest BCUT2D eigenvalue weighted by molar-refractivity contribution is -0.147. The van der Waals surface area contributed by atoms with E-state index >= 15 is 0 Å². The molecule has 0 atom stereocenters. The fourth-order valence-corrected chi connectivity index (χ4v) is 2.46. The van der Waals surface area contributed by atoms with Crippen LogP contribution in [0.1, 0.15) is 35.3 Å². The topological polar surface area (TPSA) is 77.5 Å². The number of aryl methyl sites for hydroxylation is 2. The summed E-state index contributed by atoms with van der Waals surface area (Å²) in [7, 11) is 0. The highest BCUT2D eigenvalue weighted by molar-refractivity contribution is 6.32. The number of carbonyl (C=O) groups excluding carboxylic acids is 2. The van der Waals surface area contributed by atoms with E-state index in [1.54, 1.807) is 50.5 Å². The number of hydrogen-bond donors (Lipinski definition) is 1. The maximum absolute atomic E-state index is 12.2. The first-order chi connectivity index (χ1) is 12.7. The van der Waals surface area contributed by atoms with E-state index in [0.717, 1.165) is 11.1 Å². The van der Waals surface area contributed by atoms with E-state index in [0.29, 0.717) is 16.3 Å². The second kappa shape index (κ2) is 8.86. The van der Waals surface area contributed by atoms with Crippen molar-refractivity contribution in [2.24, 2.45) is 0 Å². The van der Waals surface area contributed by atoms with Crippen LogP contribution in [0.5, 0.6) is 5.75 Å². The maximum atomic E-state index is 12.2. The van der Waals surface area contributed by atoms with Crippen LogP contribution < -0.4 is 10.1 Å². The van der Waals surface area contributed by atoms with Gasteiger partial charge in [-0.05, 0) is 63.1 Å². The van der Waals surface area contributed by atoms with Gasteiger partial charge in [-0.2, -0.15) is 0 Å². The second-order valence-corrected chi connectivity index (χ2v) is 7.27. The minimum absolute atomic E-state index is 0.0185. The third-order valence-corrected chi connectivity index (χ3v) is 4.35. The summed E-state index contributed by atoms with van der Waals surface area (Å²) in [6.07, 6.45) is 3.08. The highest BCUT2D eigenvalue weighted by Gasteiger charge is 2.23. The Morgan fingerprint density at radius 3 is 2.33 bits per heavy atom. The Morgan fingerprint density at radius 1 is 1.15 bits per heavy atom. The van der Waals surface area contributed by atoms with Gasteiger partial charge in [0, 0.05) is 23.0 Å². The normalized spacial score (nSPS) is 11.0. The van der Waals surface area contributed by atoms with Crippen LogP contribution in [-0.4, -0.2) is 35.6 Å². The zero-order valence-corrected chi connectivity index (χ0v) is 16.6. The Bertz CT molecular complexity index is 799. The van der Waals surface area contributed by atoms with Crippen molar-refractivity contribution in [1.29, 1.82) is 0 Å². The average molecular weight is 391 g/mol. The van der Waals surface area contributed by atoms with Gasteiger partial charge in [0.05, 0.1) is 5.54 Å². The maximum Gasteiger partial charge on any atom is 0.344 e. The Hall–Kier alpha value is -2.60. The summed E-state index contributed by atoms with van der Waals surface area (Å²) < 4.78 is 10.7. The minimum atomic E-state index is -0.733. The molecule has 0 saturated carbocycles. The third kappa shape index (κ3) is 6.25. The first-order valence-electron chi connectivity index (χ1n) is 8.46. The molecule has 1 amide bonds. The van der Waals surface area contributed by atoms with Gasteiger partial charge in [0.25, 0.3) is 5.91 Å². The quantitative estimate of drug-likeness (QED) is 0.732. The van der Waals surface area contributed by atoms with Gasteiger partial charge in [0.2, 0.25) is 0 Å². The van der Waals surface area contributed by atoms with Gasteiger partial charge >= 0.3 is 5.97 Å². The molecule has 1 heterocycles. The largest absolute Gasteiger partial charge is 0.482 e. The van der Waals surface area contributed by atoms with Gasteiger partial charge in [0.1, 0.15) is 12.4 Å². The van der Waals surface area contributed by atoms with Crippen LogP contribution in [-0.2, 0) is 9.53 Å². The molecule has 1 N–H and O–H groups in total. The fraction of sp³-hybridized carbons (Fsp3) is 0.350. The van der Waals surface area contributed by atoms with Gasteiger partial charge < -0.3 is 14.8 Å². The van der Waals surface area contributed by atoms with E-state index in [1.807, 2.05) is 13.8 Å². The Morgan fingerprint density at radius 2 is 1.74 bits per heavy atom. The molecular formula is C20H23ClN2O4. The molecule has 2 aromatic rings. The molecule has 7 heteroatoms. The molecule has 27 heavy (non-hydrogen) atoms. The number of rotatable bonds is 7. The lowest BCUT2D eigenvalue weighted by Crippen LogP contribution is -2.47. The SMILES string of the molecule is Cc1cc(OCC(=O)OCC(C)(C)NC(=O)c2ccncc2)cc(C)c1Cl. The molecule has 0 fully saturated rings. The minimum Gasteiger partial charge on any atom is -0.482 e. The molecule has 0 aliphatic carbocycles. The van der Waals surface area contributed by atoms with Crippen LogP contribution in [0.2, 0.25) is 5.02 Å². The number of nitrogens with one attached hydrogen (secondary N) is 1. The number of halogens is 1. The van der Waals surface area contributed by atoms with E-state index in [9.17, 15) is 9.59 Å².